The molecule has 2 N–H and O–H groups in total. The first-order chi connectivity index (χ1) is 8.81. The van der Waals surface area contributed by atoms with Gasteiger partial charge in [0.15, 0.2) is 0 Å². The molecule has 2 aliphatic rings. The molecule has 2 nitrogen and oxygen atoms in total. The van der Waals surface area contributed by atoms with E-state index in [0.29, 0.717) is 11.3 Å². The molecule has 1 aliphatic carbocycles. The highest BCUT2D eigenvalue weighted by molar-refractivity contribution is 8.00. The molecule has 3 heteroatoms. The zero-order chi connectivity index (χ0) is 12.4. The van der Waals surface area contributed by atoms with Crippen LogP contribution in [0.4, 0.5) is 0 Å². The van der Waals surface area contributed by atoms with Gasteiger partial charge in [-0.1, -0.05) is 18.2 Å². The third-order valence-corrected chi connectivity index (χ3v) is 5.02. The van der Waals surface area contributed by atoms with Crippen molar-refractivity contribution >= 4 is 11.8 Å². The summed E-state index contributed by atoms with van der Waals surface area (Å²) < 4.78 is 0. The standard InChI is InChI=1S/C15H22N2S/c1-11(9-17-13-6-7-13)16-10-14-8-12-4-2-3-5-15(12)18-14/h2-5,11,13-14,16-17H,6-10H2,1H3. The molecule has 0 radical (unpaired) electrons. The zero-order valence-corrected chi connectivity index (χ0v) is 11.8. The van der Waals surface area contributed by atoms with Crippen molar-refractivity contribution in [3.8, 4) is 0 Å². The molecule has 0 saturated heterocycles. The molecule has 0 spiro atoms. The lowest BCUT2D eigenvalue weighted by Gasteiger charge is -2.17. The number of thioether (sulfide) groups is 1. The fourth-order valence-electron chi connectivity index (χ4n) is 2.40. The monoisotopic (exact) mass is 262 g/mol. The molecule has 3 rings (SSSR count). The molecule has 2 unspecified atom stereocenters. The van der Waals surface area contributed by atoms with E-state index in [1.807, 2.05) is 11.8 Å². The molecule has 1 aromatic carbocycles. The minimum atomic E-state index is 0.579. The highest BCUT2D eigenvalue weighted by atomic mass is 32.2. The van der Waals surface area contributed by atoms with Gasteiger partial charge in [0.05, 0.1) is 0 Å². The molecule has 1 saturated carbocycles. The van der Waals surface area contributed by atoms with Gasteiger partial charge in [-0.25, -0.2) is 0 Å². The van der Waals surface area contributed by atoms with E-state index >= 15 is 0 Å². The largest absolute Gasteiger partial charge is 0.312 e. The molecule has 0 bridgehead atoms. The van der Waals surface area contributed by atoms with Gasteiger partial charge < -0.3 is 10.6 Å². The summed E-state index contributed by atoms with van der Waals surface area (Å²) in [7, 11) is 0. The Kier molecular flexibility index (Phi) is 3.92. The summed E-state index contributed by atoms with van der Waals surface area (Å²) in [6.45, 7) is 4.50. The first-order valence-corrected chi connectivity index (χ1v) is 7.90. The van der Waals surface area contributed by atoms with Gasteiger partial charge in [-0.05, 0) is 37.8 Å². The number of benzene rings is 1. The lowest BCUT2D eigenvalue weighted by atomic mass is 10.1. The Morgan fingerprint density at radius 2 is 2.17 bits per heavy atom. The molecule has 0 aromatic heterocycles. The van der Waals surface area contributed by atoms with Gasteiger partial charge in [0, 0.05) is 35.3 Å². The summed E-state index contributed by atoms with van der Waals surface area (Å²) in [5, 5.41) is 7.95. The van der Waals surface area contributed by atoms with Gasteiger partial charge in [-0.3, -0.25) is 0 Å². The van der Waals surface area contributed by atoms with Gasteiger partial charge in [0.25, 0.3) is 0 Å². The van der Waals surface area contributed by atoms with Gasteiger partial charge in [0.2, 0.25) is 0 Å². The van der Waals surface area contributed by atoms with E-state index in [4.69, 9.17) is 0 Å². The second kappa shape index (κ2) is 5.64. The summed E-state index contributed by atoms with van der Waals surface area (Å²) in [6.07, 6.45) is 3.97. The summed E-state index contributed by atoms with van der Waals surface area (Å²) in [5.41, 5.74) is 1.53. The van der Waals surface area contributed by atoms with E-state index in [9.17, 15) is 0 Å². The average Bonchev–Trinajstić information content (AvgIpc) is 3.11. The third-order valence-electron chi connectivity index (χ3n) is 3.70. The number of hydrogen-bond acceptors (Lipinski definition) is 3. The van der Waals surface area contributed by atoms with Crippen molar-refractivity contribution in [3.05, 3.63) is 29.8 Å². The number of nitrogens with one attached hydrogen (secondary N) is 2. The summed E-state index contributed by atoms with van der Waals surface area (Å²) in [6, 6.07) is 10.2. The van der Waals surface area contributed by atoms with Crippen molar-refractivity contribution in [1.29, 1.82) is 0 Å². The highest BCUT2D eigenvalue weighted by Gasteiger charge is 2.23. The first kappa shape index (κ1) is 12.5. The Morgan fingerprint density at radius 1 is 1.33 bits per heavy atom. The van der Waals surface area contributed by atoms with Crippen LogP contribution in [0.5, 0.6) is 0 Å². The van der Waals surface area contributed by atoms with E-state index in [1.54, 1.807) is 0 Å². The second-order valence-electron chi connectivity index (χ2n) is 5.54. The third kappa shape index (κ3) is 3.28. The maximum absolute atomic E-state index is 3.66. The van der Waals surface area contributed by atoms with Crippen molar-refractivity contribution < 1.29 is 0 Å². The Bertz CT molecular complexity index is 378. The van der Waals surface area contributed by atoms with E-state index in [-0.39, 0.29) is 0 Å². The predicted octanol–water partition coefficient (Wildman–Crippen LogP) is 2.43. The first-order valence-electron chi connectivity index (χ1n) is 7.02. The molecule has 1 aliphatic heterocycles. The summed E-state index contributed by atoms with van der Waals surface area (Å²) in [4.78, 5) is 1.48. The van der Waals surface area contributed by atoms with Crippen LogP contribution in [0.3, 0.4) is 0 Å². The van der Waals surface area contributed by atoms with Crippen LogP contribution >= 0.6 is 11.8 Å². The van der Waals surface area contributed by atoms with Crippen LogP contribution in [-0.4, -0.2) is 30.4 Å². The van der Waals surface area contributed by atoms with Crippen molar-refractivity contribution in [2.75, 3.05) is 13.1 Å². The lowest BCUT2D eigenvalue weighted by Crippen LogP contribution is -2.40. The van der Waals surface area contributed by atoms with E-state index in [0.717, 1.165) is 19.1 Å². The normalized spacial score (nSPS) is 23.9. The topological polar surface area (TPSA) is 24.1 Å². The number of hydrogen-bond donors (Lipinski definition) is 2. The van der Waals surface area contributed by atoms with Crippen LogP contribution in [0.15, 0.2) is 29.2 Å². The van der Waals surface area contributed by atoms with E-state index in [1.165, 1.54) is 29.7 Å². The van der Waals surface area contributed by atoms with Gasteiger partial charge in [-0.15, -0.1) is 11.8 Å². The Morgan fingerprint density at radius 3 is 2.94 bits per heavy atom. The van der Waals surface area contributed by atoms with Crippen molar-refractivity contribution in [2.24, 2.45) is 0 Å². The SMILES string of the molecule is CC(CNC1CC1)NCC1Cc2ccccc2S1. The smallest absolute Gasteiger partial charge is 0.0260 e. The molecule has 1 aromatic rings. The van der Waals surface area contributed by atoms with Crippen LogP contribution < -0.4 is 10.6 Å². The Hall–Kier alpha value is -0.510. The highest BCUT2D eigenvalue weighted by Crippen LogP contribution is 2.36. The van der Waals surface area contributed by atoms with E-state index in [2.05, 4.69) is 41.8 Å². The molecular formula is C15H22N2S. The van der Waals surface area contributed by atoms with Crippen LogP contribution in [0, 0.1) is 0 Å². The summed E-state index contributed by atoms with van der Waals surface area (Å²) in [5.74, 6) is 0. The van der Waals surface area contributed by atoms with E-state index < -0.39 is 0 Å². The molecule has 2 atom stereocenters. The molecule has 18 heavy (non-hydrogen) atoms. The Labute approximate surface area is 114 Å². The Balaban J connectivity index is 1.39. The predicted molar refractivity (Wildman–Crippen MR) is 78.3 cm³/mol. The van der Waals surface area contributed by atoms with Crippen LogP contribution in [0.1, 0.15) is 25.3 Å². The maximum atomic E-state index is 3.66. The van der Waals surface area contributed by atoms with Crippen molar-refractivity contribution in [1.82, 2.24) is 10.6 Å². The number of fused-ring (bicyclic) bond motifs is 1. The summed E-state index contributed by atoms with van der Waals surface area (Å²) >= 11 is 2.03. The van der Waals surface area contributed by atoms with Crippen molar-refractivity contribution in [3.63, 3.8) is 0 Å². The number of rotatable bonds is 6. The minimum absolute atomic E-state index is 0.579. The molecule has 1 heterocycles. The van der Waals surface area contributed by atoms with Crippen molar-refractivity contribution in [2.45, 2.75) is 48.4 Å². The average molecular weight is 262 g/mol. The fourth-order valence-corrected chi connectivity index (χ4v) is 3.66. The van der Waals surface area contributed by atoms with Crippen LogP contribution in [0.2, 0.25) is 0 Å². The second-order valence-corrected chi connectivity index (χ2v) is 6.89. The molecule has 0 amide bonds. The van der Waals surface area contributed by atoms with Gasteiger partial charge >= 0.3 is 0 Å². The molecule has 1 fully saturated rings. The lowest BCUT2D eigenvalue weighted by molar-refractivity contribution is 0.499. The quantitative estimate of drug-likeness (QED) is 0.823. The van der Waals surface area contributed by atoms with Crippen LogP contribution in [0.25, 0.3) is 0 Å². The molecular weight excluding hydrogens is 240 g/mol. The zero-order valence-electron chi connectivity index (χ0n) is 11.0. The maximum Gasteiger partial charge on any atom is 0.0260 e. The fraction of sp³-hybridized carbons (Fsp3) is 0.600. The van der Waals surface area contributed by atoms with Gasteiger partial charge in [0.1, 0.15) is 0 Å². The van der Waals surface area contributed by atoms with Crippen LogP contribution in [-0.2, 0) is 6.42 Å². The molecule has 98 valence electrons. The minimum Gasteiger partial charge on any atom is -0.312 e. The van der Waals surface area contributed by atoms with Gasteiger partial charge in [-0.2, -0.15) is 0 Å².